The predicted molar refractivity (Wildman–Crippen MR) is 85.3 cm³/mol. The van der Waals surface area contributed by atoms with Gasteiger partial charge >= 0.3 is 0 Å². The summed E-state index contributed by atoms with van der Waals surface area (Å²) in [5.74, 6) is 0. The van der Waals surface area contributed by atoms with Crippen molar-refractivity contribution in [2.45, 2.75) is 90.1 Å². The average molecular weight is 279 g/mol. The molecule has 0 aliphatic heterocycles. The van der Waals surface area contributed by atoms with E-state index < -0.39 is 0 Å². The summed E-state index contributed by atoms with van der Waals surface area (Å²) in [6, 6.07) is 0. The third-order valence-electron chi connectivity index (χ3n) is 4.74. The molecule has 0 bridgehead atoms. The Bertz CT molecular complexity index is 190. The van der Waals surface area contributed by atoms with Crippen molar-refractivity contribution in [1.29, 1.82) is 0 Å². The summed E-state index contributed by atoms with van der Waals surface area (Å²) in [6.07, 6.45) is 14.2. The topological polar surface area (TPSA) is 0 Å². The monoisotopic (exact) mass is 278 g/mol. The Kier molecular flexibility index (Phi) is 8.34. The number of halogens is 1. The molecule has 1 saturated carbocycles. The first-order valence-electron chi connectivity index (χ1n) is 7.43. The van der Waals surface area contributed by atoms with E-state index in [1.54, 1.807) is 0 Å². The van der Waals surface area contributed by atoms with Crippen LogP contribution >= 0.6 is 21.6 Å². The van der Waals surface area contributed by atoms with Crippen molar-refractivity contribution < 1.29 is 0 Å². The van der Waals surface area contributed by atoms with E-state index in [0.29, 0.717) is 10.6 Å². The first kappa shape index (κ1) is 17.7. The summed E-state index contributed by atoms with van der Waals surface area (Å²) in [5, 5.41) is 0.562. The molecule has 0 aromatic rings. The van der Waals surface area contributed by atoms with E-state index >= 15 is 0 Å². The third-order valence-corrected chi connectivity index (χ3v) is 5.93. The Hall–Kier alpha value is 0.720. The van der Waals surface area contributed by atoms with Gasteiger partial charge in [0, 0.05) is 0 Å². The Morgan fingerprint density at radius 2 is 1.29 bits per heavy atom. The molecule has 1 fully saturated rings. The second kappa shape index (κ2) is 8.00. The van der Waals surface area contributed by atoms with Crippen LogP contribution < -0.4 is 0 Å². The van der Waals surface area contributed by atoms with Crippen LogP contribution in [-0.4, -0.2) is 5.16 Å². The minimum Gasteiger partial charge on any atom is -0.147 e. The van der Waals surface area contributed by atoms with Crippen molar-refractivity contribution in [3.8, 4) is 0 Å². The van der Waals surface area contributed by atoms with Gasteiger partial charge in [-0.1, -0.05) is 52.9 Å². The van der Waals surface area contributed by atoms with Gasteiger partial charge in [-0.05, 0) is 42.7 Å². The quantitative estimate of drug-likeness (QED) is 0.524. The van der Waals surface area contributed by atoms with E-state index in [9.17, 15) is 0 Å². The van der Waals surface area contributed by atoms with E-state index in [1.165, 1.54) is 64.2 Å². The van der Waals surface area contributed by atoms with E-state index in [4.69, 9.17) is 0 Å². The lowest BCUT2D eigenvalue weighted by molar-refractivity contribution is 0.0894. The van der Waals surface area contributed by atoms with E-state index in [1.807, 2.05) is 0 Å². The third kappa shape index (κ3) is 3.84. The van der Waals surface area contributed by atoms with Gasteiger partial charge in [-0.15, -0.1) is 21.6 Å². The molecule has 0 spiro atoms. The highest BCUT2D eigenvalue weighted by Crippen LogP contribution is 2.57. The lowest BCUT2D eigenvalue weighted by Crippen LogP contribution is -2.46. The molecule has 0 amide bonds. The molecule has 0 heterocycles. The van der Waals surface area contributed by atoms with Crippen LogP contribution in [0.1, 0.15) is 85.0 Å². The molecule has 2 heteroatoms. The minimum absolute atomic E-state index is 0. The second-order valence-corrected chi connectivity index (χ2v) is 7.00. The Labute approximate surface area is 117 Å². The van der Waals surface area contributed by atoms with Gasteiger partial charge in [0.15, 0.2) is 0 Å². The molecule has 104 valence electrons. The van der Waals surface area contributed by atoms with Gasteiger partial charge < -0.3 is 0 Å². The van der Waals surface area contributed by atoms with E-state index in [0.717, 1.165) is 0 Å². The summed E-state index contributed by atoms with van der Waals surface area (Å²) in [6.45, 7) is 7.08. The van der Waals surface area contributed by atoms with Gasteiger partial charge in [-0.25, -0.2) is 0 Å². The van der Waals surface area contributed by atoms with Crippen molar-refractivity contribution in [3.05, 3.63) is 0 Å². The van der Waals surface area contributed by atoms with Crippen LogP contribution in [0, 0.1) is 5.41 Å². The SMILES string of the molecule is CCCC1(P)CCCCC1(CCC)CCC.Cl. The molecule has 0 N–H and O–H groups in total. The van der Waals surface area contributed by atoms with E-state index in [-0.39, 0.29) is 12.4 Å². The number of rotatable bonds is 6. The highest BCUT2D eigenvalue weighted by Gasteiger charge is 2.47. The minimum atomic E-state index is 0. The van der Waals surface area contributed by atoms with Crippen molar-refractivity contribution >= 4 is 21.6 Å². The standard InChI is InChI=1S/C15H31P.ClH/c1-4-9-14(10-5-2)12-7-8-13-15(14,16)11-6-3;/h4-13,16H2,1-3H3;1H. The highest BCUT2D eigenvalue weighted by atomic mass is 35.5. The van der Waals surface area contributed by atoms with Gasteiger partial charge in [-0.3, -0.25) is 0 Å². The van der Waals surface area contributed by atoms with Crippen LogP contribution in [0.5, 0.6) is 0 Å². The summed E-state index contributed by atoms with van der Waals surface area (Å²) < 4.78 is 0. The largest absolute Gasteiger partial charge is 0.147 e. The molecule has 0 nitrogen and oxygen atoms in total. The Morgan fingerprint density at radius 3 is 1.76 bits per heavy atom. The van der Waals surface area contributed by atoms with Gasteiger partial charge in [0.05, 0.1) is 0 Å². The molecule has 0 radical (unpaired) electrons. The van der Waals surface area contributed by atoms with Crippen LogP contribution in [0.3, 0.4) is 0 Å². The summed E-state index contributed by atoms with van der Waals surface area (Å²) in [4.78, 5) is 0. The van der Waals surface area contributed by atoms with Crippen molar-refractivity contribution in [2.24, 2.45) is 5.41 Å². The molecule has 0 aromatic carbocycles. The van der Waals surface area contributed by atoms with Crippen LogP contribution in [0.4, 0.5) is 0 Å². The average Bonchev–Trinajstić information content (AvgIpc) is 2.24. The van der Waals surface area contributed by atoms with Crippen molar-refractivity contribution in [3.63, 3.8) is 0 Å². The zero-order chi connectivity index (χ0) is 12.1. The lowest BCUT2D eigenvalue weighted by Gasteiger charge is -2.53. The van der Waals surface area contributed by atoms with Crippen LogP contribution in [-0.2, 0) is 0 Å². The molecule has 2 unspecified atom stereocenters. The number of hydrogen-bond acceptors (Lipinski definition) is 0. The lowest BCUT2D eigenvalue weighted by atomic mass is 9.60. The molecule has 0 saturated heterocycles. The predicted octanol–water partition coefficient (Wildman–Crippen LogP) is 5.98. The zero-order valence-corrected chi connectivity index (χ0v) is 14.0. The van der Waals surface area contributed by atoms with Crippen LogP contribution in [0.15, 0.2) is 0 Å². The molecule has 17 heavy (non-hydrogen) atoms. The molecule has 1 aliphatic rings. The molecule has 0 aromatic heterocycles. The molecule has 2 atom stereocenters. The summed E-state index contributed by atoms with van der Waals surface area (Å²) in [7, 11) is 3.30. The van der Waals surface area contributed by atoms with Gasteiger partial charge in [0.25, 0.3) is 0 Å². The summed E-state index contributed by atoms with van der Waals surface area (Å²) in [5.41, 5.74) is 0.648. The fourth-order valence-electron chi connectivity index (χ4n) is 4.08. The second-order valence-electron chi connectivity index (χ2n) is 5.89. The Balaban J connectivity index is 0.00000256. The molecule has 1 aliphatic carbocycles. The molecule has 1 rings (SSSR count). The Morgan fingerprint density at radius 1 is 0.824 bits per heavy atom. The smallest absolute Gasteiger partial charge is 0.00940 e. The maximum atomic E-state index is 3.30. The first-order chi connectivity index (χ1) is 7.64. The van der Waals surface area contributed by atoms with Gasteiger partial charge in [0.1, 0.15) is 0 Å². The summed E-state index contributed by atoms with van der Waals surface area (Å²) >= 11 is 0. The fraction of sp³-hybridized carbons (Fsp3) is 1.00. The van der Waals surface area contributed by atoms with Crippen LogP contribution in [0.2, 0.25) is 0 Å². The maximum absolute atomic E-state index is 3.30. The fourth-order valence-corrected chi connectivity index (χ4v) is 5.01. The van der Waals surface area contributed by atoms with Crippen molar-refractivity contribution in [1.82, 2.24) is 0 Å². The van der Waals surface area contributed by atoms with E-state index in [2.05, 4.69) is 30.0 Å². The first-order valence-corrected chi connectivity index (χ1v) is 8.01. The van der Waals surface area contributed by atoms with Gasteiger partial charge in [0.2, 0.25) is 0 Å². The van der Waals surface area contributed by atoms with Gasteiger partial charge in [-0.2, -0.15) is 0 Å². The maximum Gasteiger partial charge on any atom is -0.00940 e. The normalized spacial score (nSPS) is 27.5. The number of hydrogen-bond donors (Lipinski definition) is 0. The molecular formula is C15H32ClP. The molecular weight excluding hydrogens is 247 g/mol. The van der Waals surface area contributed by atoms with Crippen molar-refractivity contribution in [2.75, 3.05) is 0 Å². The zero-order valence-electron chi connectivity index (χ0n) is 12.1. The van der Waals surface area contributed by atoms with Crippen LogP contribution in [0.25, 0.3) is 0 Å². The highest BCUT2D eigenvalue weighted by molar-refractivity contribution is 7.19.